The highest BCUT2D eigenvalue weighted by Crippen LogP contribution is 2.27. The van der Waals surface area contributed by atoms with Gasteiger partial charge in [0.1, 0.15) is 12.8 Å². The molecule has 1 saturated heterocycles. The second-order valence-electron chi connectivity index (χ2n) is 6.56. The van der Waals surface area contributed by atoms with Gasteiger partial charge in [0.15, 0.2) is 0 Å². The van der Waals surface area contributed by atoms with E-state index in [-0.39, 0.29) is 36.9 Å². The zero-order valence-electron chi connectivity index (χ0n) is 14.7. The smallest absolute Gasteiger partial charge is 0.246 e. The summed E-state index contributed by atoms with van der Waals surface area (Å²) in [5.41, 5.74) is 0.563. The summed E-state index contributed by atoms with van der Waals surface area (Å²) in [6, 6.07) is 0. The maximum atomic E-state index is 13.5. The number of halogens is 2. The zero-order chi connectivity index (χ0) is 18.9. The van der Waals surface area contributed by atoms with Crippen molar-refractivity contribution in [3.63, 3.8) is 0 Å². The molecule has 1 saturated carbocycles. The van der Waals surface area contributed by atoms with Gasteiger partial charge in [-0.25, -0.2) is 4.39 Å². The number of amides is 2. The van der Waals surface area contributed by atoms with Crippen molar-refractivity contribution in [1.29, 1.82) is 0 Å². The Morgan fingerprint density at radius 2 is 2.15 bits per heavy atom. The molecule has 2 fully saturated rings. The summed E-state index contributed by atoms with van der Waals surface area (Å²) in [5.74, 6) is 0.235. The van der Waals surface area contributed by atoms with Gasteiger partial charge < -0.3 is 19.6 Å². The Balaban J connectivity index is 1.54. The maximum Gasteiger partial charge on any atom is 0.246 e. The molecule has 4 unspecified atom stereocenters. The third kappa shape index (κ3) is 7.42. The monoisotopic (exact) mass is 408 g/mol. The molecule has 0 aromatic heterocycles. The van der Waals surface area contributed by atoms with Gasteiger partial charge in [-0.2, -0.15) is 0 Å². The zero-order valence-corrected chi connectivity index (χ0v) is 16.3. The molecule has 0 aromatic rings. The van der Waals surface area contributed by atoms with Crippen LogP contribution in [0.25, 0.3) is 0 Å². The number of alkyl halides is 2. The van der Waals surface area contributed by atoms with Gasteiger partial charge in [0.05, 0.1) is 24.0 Å². The molecule has 148 valence electrons. The molecular formula is C17H26ClFN2O4S. The number of hydrogen-bond acceptors (Lipinski definition) is 5. The third-order valence-electron chi connectivity index (χ3n) is 4.42. The lowest BCUT2D eigenvalue weighted by molar-refractivity contribution is -0.128. The van der Waals surface area contributed by atoms with Crippen LogP contribution in [0.1, 0.15) is 32.1 Å². The maximum absolute atomic E-state index is 13.5. The molecule has 1 heterocycles. The van der Waals surface area contributed by atoms with Crippen molar-refractivity contribution >= 4 is 35.5 Å². The minimum absolute atomic E-state index is 0.0591. The Labute approximate surface area is 162 Å². The summed E-state index contributed by atoms with van der Waals surface area (Å²) >= 11 is 7.13. The van der Waals surface area contributed by atoms with E-state index >= 15 is 0 Å². The minimum Gasteiger partial charge on any atom is -0.368 e. The molecule has 0 spiro atoms. The fourth-order valence-corrected chi connectivity index (χ4v) is 3.82. The van der Waals surface area contributed by atoms with Crippen molar-refractivity contribution in [1.82, 2.24) is 10.6 Å². The van der Waals surface area contributed by atoms with E-state index in [9.17, 15) is 14.0 Å². The quantitative estimate of drug-likeness (QED) is 0.476. The number of hydrogen-bond donors (Lipinski definition) is 2. The van der Waals surface area contributed by atoms with Crippen LogP contribution in [0.2, 0.25) is 0 Å². The van der Waals surface area contributed by atoms with Crippen LogP contribution in [0.15, 0.2) is 12.3 Å². The van der Waals surface area contributed by atoms with E-state index in [1.54, 1.807) is 0 Å². The van der Waals surface area contributed by atoms with E-state index in [0.717, 1.165) is 0 Å². The van der Waals surface area contributed by atoms with Gasteiger partial charge >= 0.3 is 0 Å². The largest absolute Gasteiger partial charge is 0.368 e. The molecule has 6 nitrogen and oxygen atoms in total. The van der Waals surface area contributed by atoms with Crippen molar-refractivity contribution in [2.45, 2.75) is 49.8 Å². The Hall–Kier alpha value is -0.830. The van der Waals surface area contributed by atoms with Crippen LogP contribution >= 0.6 is 23.6 Å². The number of rotatable bonds is 8. The molecule has 9 heteroatoms. The van der Waals surface area contributed by atoms with Gasteiger partial charge in [-0.15, -0.1) is 11.6 Å². The first-order chi connectivity index (χ1) is 12.5. The highest BCUT2D eigenvalue weighted by Gasteiger charge is 2.29. The highest BCUT2D eigenvalue weighted by molar-refractivity contribution is 7.94. The molecular weight excluding hydrogens is 383 g/mol. The molecule has 0 aromatic carbocycles. The Kier molecular flexibility index (Phi) is 9.18. The molecule has 1 aliphatic heterocycles. The normalized spacial score (nSPS) is 29.0. The lowest BCUT2D eigenvalue weighted by Gasteiger charge is -2.28. The number of carbonyl (C=O) groups is 2. The molecule has 1 aliphatic carbocycles. The summed E-state index contributed by atoms with van der Waals surface area (Å²) in [7, 11) is 0. The van der Waals surface area contributed by atoms with E-state index < -0.39 is 11.5 Å². The molecule has 4 atom stereocenters. The first-order valence-electron chi connectivity index (χ1n) is 8.85. The van der Waals surface area contributed by atoms with Crippen molar-refractivity contribution in [3.05, 3.63) is 12.3 Å². The Bertz CT molecular complexity index is 505. The van der Waals surface area contributed by atoms with Crippen LogP contribution in [-0.4, -0.2) is 55.0 Å². The average Bonchev–Trinajstić information content (AvgIpc) is 2.63. The van der Waals surface area contributed by atoms with Crippen molar-refractivity contribution in [2.24, 2.45) is 5.92 Å². The molecule has 2 rings (SSSR count). The molecule has 26 heavy (non-hydrogen) atoms. The Morgan fingerprint density at radius 1 is 1.35 bits per heavy atom. The first kappa shape index (κ1) is 21.5. The van der Waals surface area contributed by atoms with Gasteiger partial charge in [-0.05, 0) is 31.3 Å². The van der Waals surface area contributed by atoms with E-state index in [1.165, 1.54) is 12.0 Å². The van der Waals surface area contributed by atoms with E-state index in [4.69, 9.17) is 20.5 Å². The summed E-state index contributed by atoms with van der Waals surface area (Å²) in [5, 5.41) is 5.03. The number of carbonyl (C=O) groups excluding carboxylic acids is 2. The molecule has 0 bridgehead atoms. The topological polar surface area (TPSA) is 76.7 Å². The van der Waals surface area contributed by atoms with Gasteiger partial charge in [-0.3, -0.25) is 9.59 Å². The molecule has 2 N–H and O–H groups in total. The summed E-state index contributed by atoms with van der Waals surface area (Å²) in [6.07, 6.45) is 1.24. The van der Waals surface area contributed by atoms with Crippen molar-refractivity contribution < 1.29 is 22.9 Å². The lowest BCUT2D eigenvalue weighted by atomic mass is 9.95. The summed E-state index contributed by atoms with van der Waals surface area (Å²) in [4.78, 5) is 23.8. The van der Waals surface area contributed by atoms with E-state index in [1.807, 2.05) is 0 Å². The van der Waals surface area contributed by atoms with Crippen LogP contribution in [-0.2, 0) is 18.5 Å². The SMILES string of the molecule is C=C(CCNC(=O)COC1CCC(Cl)C(F)C1)NC(=O)C1CCOSC1. The second kappa shape index (κ2) is 11.1. The predicted molar refractivity (Wildman–Crippen MR) is 99.6 cm³/mol. The second-order valence-corrected chi connectivity index (χ2v) is 7.93. The van der Waals surface area contributed by atoms with Gasteiger partial charge in [0, 0.05) is 30.8 Å². The van der Waals surface area contributed by atoms with Crippen LogP contribution in [0.4, 0.5) is 4.39 Å². The standard InChI is InChI=1S/C17H26ClFN2O4S/c1-11(21-17(23)12-5-7-25-26-10-12)4-6-20-16(22)9-24-13-2-3-14(18)15(19)8-13/h12-15H,1-10H2,(H,20,22)(H,21,23). The van der Waals surface area contributed by atoms with Crippen LogP contribution in [0, 0.1) is 5.92 Å². The predicted octanol–water partition coefficient (Wildman–Crippen LogP) is 2.32. The van der Waals surface area contributed by atoms with E-state index in [2.05, 4.69) is 17.2 Å². The lowest BCUT2D eigenvalue weighted by Crippen LogP contribution is -2.36. The van der Waals surface area contributed by atoms with Crippen LogP contribution < -0.4 is 10.6 Å². The summed E-state index contributed by atoms with van der Waals surface area (Å²) < 4.78 is 24.1. The van der Waals surface area contributed by atoms with Gasteiger partial charge in [-0.1, -0.05) is 6.58 Å². The van der Waals surface area contributed by atoms with Crippen LogP contribution in [0.3, 0.4) is 0 Å². The molecule has 2 amide bonds. The van der Waals surface area contributed by atoms with Gasteiger partial charge in [0.25, 0.3) is 0 Å². The Morgan fingerprint density at radius 3 is 2.85 bits per heavy atom. The van der Waals surface area contributed by atoms with E-state index in [0.29, 0.717) is 50.3 Å². The number of nitrogens with one attached hydrogen (secondary N) is 2. The van der Waals surface area contributed by atoms with Crippen molar-refractivity contribution in [3.8, 4) is 0 Å². The molecule has 2 aliphatic rings. The summed E-state index contributed by atoms with van der Waals surface area (Å²) in [6.45, 7) is 4.63. The highest BCUT2D eigenvalue weighted by atomic mass is 35.5. The van der Waals surface area contributed by atoms with Crippen LogP contribution in [0.5, 0.6) is 0 Å². The third-order valence-corrected chi connectivity index (χ3v) is 5.78. The number of ether oxygens (including phenoxy) is 1. The average molecular weight is 409 g/mol. The van der Waals surface area contributed by atoms with Crippen molar-refractivity contribution in [2.75, 3.05) is 25.5 Å². The fourth-order valence-electron chi connectivity index (χ4n) is 2.80. The first-order valence-corrected chi connectivity index (χ1v) is 10.2. The van der Waals surface area contributed by atoms with Gasteiger partial charge in [0.2, 0.25) is 11.8 Å². The fraction of sp³-hybridized carbons (Fsp3) is 0.765. The molecule has 0 radical (unpaired) electrons. The minimum atomic E-state index is -1.08.